The van der Waals surface area contributed by atoms with Crippen LogP contribution < -0.4 is 9.80 Å². The first-order valence-electron chi connectivity index (χ1n) is 18.3. The Hall–Kier alpha value is -3.06. The van der Waals surface area contributed by atoms with E-state index >= 15 is 0 Å². The summed E-state index contributed by atoms with van der Waals surface area (Å²) < 4.78 is 68.0. The molecule has 2 fully saturated rings. The third-order valence-corrected chi connectivity index (χ3v) is 17.2. The largest absolute Gasteiger partial charge is 0.345 e. The second-order valence-electron chi connectivity index (χ2n) is 14.0. The molecule has 0 aliphatic carbocycles. The molecule has 20 heteroatoms. The molecule has 0 radical (unpaired) electrons. The van der Waals surface area contributed by atoms with Crippen molar-refractivity contribution in [2.45, 2.75) is 23.6 Å². The van der Waals surface area contributed by atoms with Crippen LogP contribution in [0.5, 0.6) is 0 Å². The first-order chi connectivity index (χ1) is 28.5. The fraction of sp³-hybridized carbons (Fsp3) is 0.250. The molecule has 316 valence electrons. The molecule has 8 rings (SSSR count). The van der Waals surface area contributed by atoms with Gasteiger partial charge in [0, 0.05) is 74.2 Å². The van der Waals surface area contributed by atoms with Crippen LogP contribution >= 0.6 is 80.7 Å². The van der Waals surface area contributed by atoms with Crippen LogP contribution in [0.2, 0.25) is 25.1 Å². The molecule has 0 bridgehead atoms. The quantitative estimate of drug-likeness (QED) is 0.148. The minimum absolute atomic E-state index is 0.0446. The predicted octanol–water partition coefficient (Wildman–Crippen LogP) is 10.7. The van der Waals surface area contributed by atoms with Gasteiger partial charge in [0.1, 0.15) is 5.82 Å². The summed E-state index contributed by atoms with van der Waals surface area (Å²) in [6.45, 7) is 7.74. The molecule has 2 aromatic heterocycles. The minimum atomic E-state index is -3.66. The highest BCUT2D eigenvalue weighted by Crippen LogP contribution is 2.34. The molecule has 0 atom stereocenters. The molecule has 4 aromatic carbocycles. The van der Waals surface area contributed by atoms with E-state index in [1.54, 1.807) is 17.4 Å². The second-order valence-corrected chi connectivity index (χ2v) is 21.6. The fourth-order valence-corrected chi connectivity index (χ4v) is 12.3. The molecule has 2 saturated heterocycles. The number of rotatable bonds is 8. The summed E-state index contributed by atoms with van der Waals surface area (Å²) >= 11 is 32.7. The molecule has 0 unspecified atom stereocenters. The summed E-state index contributed by atoms with van der Waals surface area (Å²) in [7, 11) is -7.26. The number of aromatic nitrogens is 2. The van der Waals surface area contributed by atoms with Gasteiger partial charge in [-0.25, -0.2) is 31.2 Å². The van der Waals surface area contributed by atoms with Crippen molar-refractivity contribution in [1.82, 2.24) is 18.6 Å². The van der Waals surface area contributed by atoms with Crippen molar-refractivity contribution in [3.8, 4) is 22.5 Å². The molecule has 60 heavy (non-hydrogen) atoms. The van der Waals surface area contributed by atoms with E-state index in [-0.39, 0.29) is 24.9 Å². The van der Waals surface area contributed by atoms with Crippen LogP contribution in [-0.4, -0.2) is 87.8 Å². The van der Waals surface area contributed by atoms with Crippen LogP contribution in [0.1, 0.15) is 11.1 Å². The first-order valence-corrected chi connectivity index (χ1v) is 24.9. The number of anilines is 2. The van der Waals surface area contributed by atoms with E-state index in [1.807, 2.05) is 10.3 Å². The number of hydrogen-bond acceptors (Lipinski definition) is 10. The van der Waals surface area contributed by atoms with Gasteiger partial charge in [0.15, 0.2) is 10.3 Å². The Balaban J connectivity index is 0.000000181. The van der Waals surface area contributed by atoms with E-state index in [0.29, 0.717) is 68.1 Å². The van der Waals surface area contributed by atoms with Crippen molar-refractivity contribution >= 4 is 111 Å². The fourth-order valence-electron chi connectivity index (χ4n) is 6.67. The SMILES string of the molecule is Cc1cc(C)cc(-c2csc(N3CCN(S(=O)(=O)c4ccc(Cl)c(Cl)c4)CC3)n2)c1.O=S(=O)(c1ccc(Cl)c(Cl)c1)N1CCN(c2nc(-c3ccc(F)c(Cl)c3)cs2)CC1. The minimum Gasteiger partial charge on any atom is -0.345 e. The van der Waals surface area contributed by atoms with Crippen molar-refractivity contribution in [3.63, 3.8) is 0 Å². The molecular formula is C40H36Cl5FN6O4S4. The number of piperazine rings is 2. The molecule has 0 N–H and O–H groups in total. The van der Waals surface area contributed by atoms with Crippen molar-refractivity contribution in [2.75, 3.05) is 62.2 Å². The van der Waals surface area contributed by atoms with Gasteiger partial charge in [-0.05, 0) is 80.6 Å². The first kappa shape index (κ1) is 45.0. The lowest BCUT2D eigenvalue weighted by atomic mass is 10.1. The van der Waals surface area contributed by atoms with Crippen molar-refractivity contribution in [3.05, 3.63) is 126 Å². The van der Waals surface area contributed by atoms with E-state index in [0.717, 1.165) is 27.1 Å². The van der Waals surface area contributed by atoms with Crippen LogP contribution in [-0.2, 0) is 20.0 Å². The zero-order valence-electron chi connectivity index (χ0n) is 32.0. The number of nitrogens with zero attached hydrogens (tertiary/aromatic N) is 6. The number of sulfonamides is 2. The van der Waals surface area contributed by atoms with E-state index in [4.69, 9.17) is 63.0 Å². The summed E-state index contributed by atoms with van der Waals surface area (Å²) in [6, 6.07) is 19.6. The molecule has 0 spiro atoms. The van der Waals surface area contributed by atoms with Gasteiger partial charge in [-0.15, -0.1) is 22.7 Å². The van der Waals surface area contributed by atoms with E-state index in [1.165, 1.54) is 79.6 Å². The van der Waals surface area contributed by atoms with Gasteiger partial charge in [-0.1, -0.05) is 75.2 Å². The number of halogens is 6. The third-order valence-electron chi connectivity index (χ3n) is 9.79. The lowest BCUT2D eigenvalue weighted by molar-refractivity contribution is 0.384. The molecule has 6 aromatic rings. The Morgan fingerprint density at radius 2 is 0.950 bits per heavy atom. The zero-order chi connectivity index (χ0) is 42.9. The Kier molecular flexibility index (Phi) is 14.0. The van der Waals surface area contributed by atoms with Crippen molar-refractivity contribution in [1.29, 1.82) is 0 Å². The van der Waals surface area contributed by atoms with E-state index in [2.05, 4.69) is 47.3 Å². The van der Waals surface area contributed by atoms with Gasteiger partial charge in [-0.2, -0.15) is 8.61 Å². The molecular weight excluding hydrogens is 953 g/mol. The van der Waals surface area contributed by atoms with Crippen LogP contribution in [0.15, 0.2) is 93.3 Å². The summed E-state index contributed by atoms with van der Waals surface area (Å²) in [5.74, 6) is -0.477. The average Bonchev–Trinajstić information content (AvgIpc) is 3.93. The summed E-state index contributed by atoms with van der Waals surface area (Å²) in [6.07, 6.45) is 0. The molecule has 2 aliphatic heterocycles. The van der Waals surface area contributed by atoms with Crippen LogP contribution in [0.3, 0.4) is 0 Å². The summed E-state index contributed by atoms with van der Waals surface area (Å²) in [4.78, 5) is 13.9. The van der Waals surface area contributed by atoms with Gasteiger partial charge in [0.2, 0.25) is 20.0 Å². The monoisotopic (exact) mass is 986 g/mol. The number of thiazole rings is 2. The van der Waals surface area contributed by atoms with Gasteiger partial charge < -0.3 is 9.80 Å². The smallest absolute Gasteiger partial charge is 0.243 e. The molecule has 4 heterocycles. The Labute approximate surface area is 381 Å². The lowest BCUT2D eigenvalue weighted by Crippen LogP contribution is -2.48. The maximum atomic E-state index is 13.4. The zero-order valence-corrected chi connectivity index (χ0v) is 39.0. The van der Waals surface area contributed by atoms with Crippen LogP contribution in [0.25, 0.3) is 22.5 Å². The molecule has 0 amide bonds. The average molecular weight is 989 g/mol. The van der Waals surface area contributed by atoms with Gasteiger partial charge in [0.05, 0.1) is 46.3 Å². The highest BCUT2D eigenvalue weighted by atomic mass is 35.5. The normalized spacial score (nSPS) is 15.5. The third kappa shape index (κ3) is 10.1. The van der Waals surface area contributed by atoms with E-state index in [9.17, 15) is 21.2 Å². The number of aryl methyl sites for hydroxylation is 2. The van der Waals surface area contributed by atoms with Crippen LogP contribution in [0, 0.1) is 19.7 Å². The van der Waals surface area contributed by atoms with Gasteiger partial charge in [-0.3, -0.25) is 0 Å². The second kappa shape index (κ2) is 18.7. The topological polar surface area (TPSA) is 107 Å². The highest BCUT2D eigenvalue weighted by Gasteiger charge is 2.31. The van der Waals surface area contributed by atoms with Gasteiger partial charge >= 0.3 is 0 Å². The predicted molar refractivity (Wildman–Crippen MR) is 244 cm³/mol. The summed E-state index contributed by atoms with van der Waals surface area (Å²) in [5.41, 5.74) is 5.90. The summed E-state index contributed by atoms with van der Waals surface area (Å²) in [5, 5.41) is 6.74. The molecule has 2 aliphatic rings. The van der Waals surface area contributed by atoms with Crippen LogP contribution in [0.4, 0.5) is 14.7 Å². The number of hydrogen-bond donors (Lipinski definition) is 0. The Morgan fingerprint density at radius 1 is 0.517 bits per heavy atom. The standard InChI is InChI=1S/C21H21Cl2N3O2S2.C19H15Cl3FN3O2S2/c1-14-9-15(2)11-16(10-14)20-13-29-21(24-20)25-5-7-26(8-6-25)30(27,28)17-3-4-18(22)19(23)12-17;20-14-3-2-13(10-15(14)21)30(27,28)26-7-5-25(6-8-26)19-24-18(11-29-19)12-1-4-17(23)16(22)9-12/h3-4,9-13H,5-8H2,1-2H3;1-4,9-11H,5-8H2. The molecule has 10 nitrogen and oxygen atoms in total. The van der Waals surface area contributed by atoms with E-state index < -0.39 is 25.9 Å². The number of benzene rings is 4. The van der Waals surface area contributed by atoms with Gasteiger partial charge in [0.25, 0.3) is 0 Å². The maximum absolute atomic E-state index is 13.4. The maximum Gasteiger partial charge on any atom is 0.243 e. The van der Waals surface area contributed by atoms with Crippen molar-refractivity contribution in [2.24, 2.45) is 0 Å². The molecule has 0 saturated carbocycles. The van der Waals surface area contributed by atoms with Crippen molar-refractivity contribution < 1.29 is 21.2 Å². The Morgan fingerprint density at radius 3 is 1.37 bits per heavy atom. The Bertz CT molecular complexity index is 2740. The highest BCUT2D eigenvalue weighted by molar-refractivity contribution is 7.89. The lowest BCUT2D eigenvalue weighted by Gasteiger charge is -2.33.